The SMILES string of the molecule is CC(=O)c1cccc(OCC(=O)N2CCCc3cc(C)ccc32)c1. The third-order valence-electron chi connectivity index (χ3n) is 4.26. The van der Waals surface area contributed by atoms with Crippen LogP contribution in [0, 0.1) is 6.92 Å². The van der Waals surface area contributed by atoms with E-state index in [9.17, 15) is 9.59 Å². The number of hydrogen-bond acceptors (Lipinski definition) is 3. The average molecular weight is 323 g/mol. The van der Waals surface area contributed by atoms with Crippen molar-refractivity contribution in [2.75, 3.05) is 18.1 Å². The van der Waals surface area contributed by atoms with E-state index in [-0.39, 0.29) is 18.3 Å². The van der Waals surface area contributed by atoms with Crippen LogP contribution in [0.15, 0.2) is 42.5 Å². The van der Waals surface area contributed by atoms with Gasteiger partial charge in [0.15, 0.2) is 12.4 Å². The normalized spacial score (nSPS) is 13.3. The Morgan fingerprint density at radius 3 is 2.79 bits per heavy atom. The maximum absolute atomic E-state index is 12.6. The molecule has 4 heteroatoms. The van der Waals surface area contributed by atoms with Gasteiger partial charge in [-0.2, -0.15) is 0 Å². The summed E-state index contributed by atoms with van der Waals surface area (Å²) >= 11 is 0. The molecule has 24 heavy (non-hydrogen) atoms. The lowest BCUT2D eigenvalue weighted by molar-refractivity contribution is -0.120. The summed E-state index contributed by atoms with van der Waals surface area (Å²) in [6, 6.07) is 13.1. The molecule has 0 saturated carbocycles. The minimum absolute atomic E-state index is 0.0212. The predicted molar refractivity (Wildman–Crippen MR) is 93.8 cm³/mol. The first-order valence-corrected chi connectivity index (χ1v) is 8.18. The lowest BCUT2D eigenvalue weighted by Gasteiger charge is -2.29. The quantitative estimate of drug-likeness (QED) is 0.808. The van der Waals surface area contributed by atoms with Gasteiger partial charge >= 0.3 is 0 Å². The largest absolute Gasteiger partial charge is 0.484 e. The molecular formula is C20H21NO3. The Balaban J connectivity index is 1.70. The van der Waals surface area contributed by atoms with Crippen molar-refractivity contribution in [3.63, 3.8) is 0 Å². The Morgan fingerprint density at radius 1 is 1.17 bits per heavy atom. The van der Waals surface area contributed by atoms with Gasteiger partial charge in [0, 0.05) is 17.8 Å². The van der Waals surface area contributed by atoms with Crippen molar-refractivity contribution in [1.29, 1.82) is 0 Å². The minimum atomic E-state index is -0.0620. The minimum Gasteiger partial charge on any atom is -0.484 e. The number of ether oxygens (including phenoxy) is 1. The van der Waals surface area contributed by atoms with E-state index in [1.54, 1.807) is 29.2 Å². The summed E-state index contributed by atoms with van der Waals surface area (Å²) in [7, 11) is 0. The van der Waals surface area contributed by atoms with Crippen molar-refractivity contribution in [1.82, 2.24) is 0 Å². The Bertz CT molecular complexity index is 782. The molecule has 0 bridgehead atoms. The van der Waals surface area contributed by atoms with Gasteiger partial charge in [-0.05, 0) is 50.5 Å². The molecule has 2 aromatic carbocycles. The van der Waals surface area contributed by atoms with Crippen LogP contribution < -0.4 is 9.64 Å². The van der Waals surface area contributed by atoms with Crippen LogP contribution in [0.4, 0.5) is 5.69 Å². The third-order valence-corrected chi connectivity index (χ3v) is 4.26. The van der Waals surface area contributed by atoms with Crippen LogP contribution in [0.2, 0.25) is 0 Å². The second-order valence-electron chi connectivity index (χ2n) is 6.15. The number of nitrogens with zero attached hydrogens (tertiary/aromatic N) is 1. The Labute approximate surface area is 142 Å². The van der Waals surface area contributed by atoms with Gasteiger partial charge < -0.3 is 9.64 Å². The average Bonchev–Trinajstić information content (AvgIpc) is 2.59. The summed E-state index contributed by atoms with van der Waals surface area (Å²) in [5.74, 6) is 0.456. The number of benzene rings is 2. The van der Waals surface area contributed by atoms with Gasteiger partial charge in [-0.25, -0.2) is 0 Å². The molecule has 2 aromatic rings. The second kappa shape index (κ2) is 6.87. The first kappa shape index (κ1) is 16.2. The van der Waals surface area contributed by atoms with E-state index in [1.165, 1.54) is 18.1 Å². The van der Waals surface area contributed by atoms with Gasteiger partial charge in [-0.3, -0.25) is 9.59 Å². The smallest absolute Gasteiger partial charge is 0.264 e. The highest BCUT2D eigenvalue weighted by molar-refractivity contribution is 5.96. The molecule has 4 nitrogen and oxygen atoms in total. The number of amides is 1. The summed E-state index contributed by atoms with van der Waals surface area (Å²) in [6.45, 7) is 4.25. The van der Waals surface area contributed by atoms with Crippen LogP contribution in [0.3, 0.4) is 0 Å². The number of aryl methyl sites for hydroxylation is 2. The van der Waals surface area contributed by atoms with Gasteiger partial charge in [-0.15, -0.1) is 0 Å². The Hall–Kier alpha value is -2.62. The first-order chi connectivity index (χ1) is 11.5. The summed E-state index contributed by atoms with van der Waals surface area (Å²) < 4.78 is 5.61. The molecule has 0 N–H and O–H groups in total. The van der Waals surface area contributed by atoms with Crippen molar-refractivity contribution in [2.24, 2.45) is 0 Å². The lowest BCUT2D eigenvalue weighted by Crippen LogP contribution is -2.38. The van der Waals surface area contributed by atoms with Crippen molar-refractivity contribution < 1.29 is 14.3 Å². The highest BCUT2D eigenvalue weighted by atomic mass is 16.5. The maximum Gasteiger partial charge on any atom is 0.264 e. The first-order valence-electron chi connectivity index (χ1n) is 8.18. The summed E-state index contributed by atoms with van der Waals surface area (Å²) in [6.07, 6.45) is 1.96. The molecule has 0 radical (unpaired) electrons. The standard InChI is InChI=1S/C20H21NO3/c1-14-8-9-19-17(11-14)6-4-10-21(19)20(23)13-24-18-7-3-5-16(12-18)15(2)22/h3,5,7-9,11-12H,4,6,10,13H2,1-2H3. The summed E-state index contributed by atoms with van der Waals surface area (Å²) in [5.41, 5.74) is 3.99. The van der Waals surface area contributed by atoms with Crippen molar-refractivity contribution in [3.05, 3.63) is 59.2 Å². The maximum atomic E-state index is 12.6. The number of hydrogen-bond donors (Lipinski definition) is 0. The van der Waals surface area contributed by atoms with Gasteiger partial charge in [0.1, 0.15) is 5.75 Å². The van der Waals surface area contributed by atoms with Crippen LogP contribution in [0.1, 0.15) is 34.8 Å². The number of Topliss-reactive ketones (excluding diaryl/α,β-unsaturated/α-hetero) is 1. The third kappa shape index (κ3) is 3.48. The zero-order chi connectivity index (χ0) is 17.1. The van der Waals surface area contributed by atoms with Crippen LogP contribution in [0.5, 0.6) is 5.75 Å². The number of anilines is 1. The number of fused-ring (bicyclic) bond motifs is 1. The van der Waals surface area contributed by atoms with E-state index in [4.69, 9.17) is 4.74 Å². The molecule has 0 fully saturated rings. The summed E-state index contributed by atoms with van der Waals surface area (Å²) in [5, 5.41) is 0. The molecule has 1 aliphatic rings. The van der Waals surface area contributed by atoms with Crippen LogP contribution in [-0.4, -0.2) is 24.8 Å². The zero-order valence-electron chi connectivity index (χ0n) is 14.0. The fourth-order valence-electron chi connectivity index (χ4n) is 3.01. The highest BCUT2D eigenvalue weighted by Gasteiger charge is 2.22. The van der Waals surface area contributed by atoms with E-state index in [0.29, 0.717) is 17.9 Å². The fraction of sp³-hybridized carbons (Fsp3) is 0.300. The molecule has 0 spiro atoms. The molecule has 0 unspecified atom stereocenters. The van der Waals surface area contributed by atoms with Crippen molar-refractivity contribution >= 4 is 17.4 Å². The number of rotatable bonds is 4. The van der Waals surface area contributed by atoms with Crippen LogP contribution in [0.25, 0.3) is 0 Å². The molecule has 0 saturated heterocycles. The van der Waals surface area contributed by atoms with E-state index in [2.05, 4.69) is 13.0 Å². The molecular weight excluding hydrogens is 302 g/mol. The molecule has 1 heterocycles. The van der Waals surface area contributed by atoms with Gasteiger partial charge in [0.2, 0.25) is 0 Å². The van der Waals surface area contributed by atoms with Gasteiger partial charge in [0.25, 0.3) is 5.91 Å². The molecule has 124 valence electrons. The summed E-state index contributed by atoms with van der Waals surface area (Å²) in [4.78, 5) is 25.8. The molecule has 0 aromatic heterocycles. The van der Waals surface area contributed by atoms with Crippen molar-refractivity contribution in [2.45, 2.75) is 26.7 Å². The monoisotopic (exact) mass is 323 g/mol. The number of carbonyl (C=O) groups is 2. The number of ketones is 1. The molecule has 3 rings (SSSR count). The number of carbonyl (C=O) groups excluding carboxylic acids is 2. The van der Waals surface area contributed by atoms with E-state index in [0.717, 1.165) is 18.5 Å². The van der Waals surface area contributed by atoms with Crippen molar-refractivity contribution in [3.8, 4) is 5.75 Å². The zero-order valence-corrected chi connectivity index (χ0v) is 14.0. The van der Waals surface area contributed by atoms with E-state index in [1.807, 2.05) is 12.1 Å². The molecule has 0 atom stereocenters. The van der Waals surface area contributed by atoms with E-state index >= 15 is 0 Å². The van der Waals surface area contributed by atoms with Gasteiger partial charge in [-0.1, -0.05) is 29.8 Å². The molecule has 1 amide bonds. The van der Waals surface area contributed by atoms with E-state index < -0.39 is 0 Å². The second-order valence-corrected chi connectivity index (χ2v) is 6.15. The Kier molecular flexibility index (Phi) is 4.65. The predicted octanol–water partition coefficient (Wildman–Crippen LogP) is 3.56. The van der Waals surface area contributed by atoms with Gasteiger partial charge in [0.05, 0.1) is 0 Å². The van der Waals surface area contributed by atoms with Crippen LogP contribution in [-0.2, 0) is 11.2 Å². The topological polar surface area (TPSA) is 46.6 Å². The Morgan fingerprint density at radius 2 is 2.00 bits per heavy atom. The lowest BCUT2D eigenvalue weighted by atomic mass is 9.99. The molecule has 0 aliphatic carbocycles. The fourth-order valence-corrected chi connectivity index (χ4v) is 3.01. The van der Waals surface area contributed by atoms with Crippen LogP contribution >= 0.6 is 0 Å². The molecule has 1 aliphatic heterocycles. The highest BCUT2D eigenvalue weighted by Crippen LogP contribution is 2.28.